The number of rotatable bonds is 18. The molecule has 0 aromatic rings. The third-order valence-electron chi connectivity index (χ3n) is 4.37. The molecule has 0 saturated carbocycles. The first-order valence-corrected chi connectivity index (χ1v) is 9.92. The fourth-order valence-electron chi connectivity index (χ4n) is 2.94. The van der Waals surface area contributed by atoms with Crippen LogP contribution in [0.4, 0.5) is 0 Å². The van der Waals surface area contributed by atoms with E-state index >= 15 is 0 Å². The lowest BCUT2D eigenvalue weighted by atomic mass is 10.0. The zero-order valence-electron chi connectivity index (χ0n) is 15.3. The molecule has 0 rings (SSSR count). The second-order valence-electron chi connectivity index (χ2n) is 6.51. The van der Waals surface area contributed by atoms with E-state index in [2.05, 4.69) is 6.92 Å². The molecule has 0 radical (unpaired) electrons. The minimum atomic E-state index is -0.165. The van der Waals surface area contributed by atoms with Gasteiger partial charge in [0.2, 0.25) is 0 Å². The maximum absolute atomic E-state index is 10.7. The van der Waals surface area contributed by atoms with Gasteiger partial charge >= 0.3 is 0 Å². The summed E-state index contributed by atoms with van der Waals surface area (Å²) in [6.07, 6.45) is 20.9. The summed E-state index contributed by atoms with van der Waals surface area (Å²) in [5, 5.41) is 0. The molecular formula is C20H40O2. The topological polar surface area (TPSA) is 26.3 Å². The Morgan fingerprint density at radius 3 is 1.45 bits per heavy atom. The van der Waals surface area contributed by atoms with Crippen LogP contribution in [-0.4, -0.2) is 19.0 Å². The molecule has 0 aromatic heterocycles. The van der Waals surface area contributed by atoms with Crippen LogP contribution >= 0.6 is 0 Å². The summed E-state index contributed by atoms with van der Waals surface area (Å²) < 4.78 is 5.34. The molecule has 0 spiro atoms. The Kier molecular flexibility index (Phi) is 18.4. The van der Waals surface area contributed by atoms with Crippen LogP contribution in [0, 0.1) is 0 Å². The van der Waals surface area contributed by atoms with Crippen molar-refractivity contribution in [2.24, 2.45) is 0 Å². The predicted octanol–water partition coefficient (Wildman–Crippen LogP) is 6.46. The van der Waals surface area contributed by atoms with Crippen LogP contribution in [-0.2, 0) is 9.53 Å². The Morgan fingerprint density at radius 1 is 0.682 bits per heavy atom. The molecule has 2 heteroatoms. The predicted molar refractivity (Wildman–Crippen MR) is 96.4 cm³/mol. The molecule has 1 unspecified atom stereocenters. The van der Waals surface area contributed by atoms with E-state index in [0.29, 0.717) is 6.61 Å². The van der Waals surface area contributed by atoms with E-state index in [1.54, 1.807) is 0 Å². The van der Waals surface area contributed by atoms with Gasteiger partial charge in [-0.3, -0.25) is 0 Å². The highest BCUT2D eigenvalue weighted by molar-refractivity contribution is 5.55. The van der Waals surface area contributed by atoms with Crippen LogP contribution in [0.5, 0.6) is 0 Å². The highest BCUT2D eigenvalue weighted by Crippen LogP contribution is 2.13. The lowest BCUT2D eigenvalue weighted by molar-refractivity contribution is -0.118. The second kappa shape index (κ2) is 18.7. The largest absolute Gasteiger partial charge is 0.371 e. The van der Waals surface area contributed by atoms with E-state index in [0.717, 1.165) is 19.1 Å². The Balaban J connectivity index is 3.09. The minimum absolute atomic E-state index is 0.165. The molecule has 2 nitrogen and oxygen atoms in total. The van der Waals surface area contributed by atoms with Crippen LogP contribution < -0.4 is 0 Å². The molecule has 0 aliphatic rings. The van der Waals surface area contributed by atoms with Crippen molar-refractivity contribution in [2.75, 3.05) is 6.61 Å². The molecule has 0 saturated heterocycles. The Morgan fingerprint density at radius 2 is 1.09 bits per heavy atom. The summed E-state index contributed by atoms with van der Waals surface area (Å²) >= 11 is 0. The zero-order chi connectivity index (χ0) is 16.3. The van der Waals surface area contributed by atoms with E-state index in [-0.39, 0.29) is 6.10 Å². The highest BCUT2D eigenvalue weighted by atomic mass is 16.5. The fraction of sp³-hybridized carbons (Fsp3) is 0.950. The van der Waals surface area contributed by atoms with E-state index in [4.69, 9.17) is 4.74 Å². The molecule has 0 amide bonds. The van der Waals surface area contributed by atoms with Gasteiger partial charge in [0, 0.05) is 6.61 Å². The lowest BCUT2D eigenvalue weighted by Crippen LogP contribution is -2.13. The van der Waals surface area contributed by atoms with Crippen LogP contribution in [0.25, 0.3) is 0 Å². The number of carbonyl (C=O) groups is 1. The molecule has 0 aromatic carbocycles. The van der Waals surface area contributed by atoms with Crippen molar-refractivity contribution >= 4 is 6.29 Å². The first-order valence-electron chi connectivity index (χ1n) is 9.92. The molecule has 0 N–H and O–H groups in total. The molecule has 1 atom stereocenters. The monoisotopic (exact) mass is 312 g/mol. The normalized spacial score (nSPS) is 12.5. The summed E-state index contributed by atoms with van der Waals surface area (Å²) in [6, 6.07) is 0. The average Bonchev–Trinajstić information content (AvgIpc) is 2.54. The first kappa shape index (κ1) is 21.6. The summed E-state index contributed by atoms with van der Waals surface area (Å²) in [5.41, 5.74) is 0. The molecule has 0 heterocycles. The van der Waals surface area contributed by atoms with Gasteiger partial charge in [0.05, 0.1) is 0 Å². The number of carbonyl (C=O) groups excluding carboxylic acids is 1. The number of hydrogen-bond acceptors (Lipinski definition) is 2. The van der Waals surface area contributed by atoms with Crippen LogP contribution in [0.3, 0.4) is 0 Å². The van der Waals surface area contributed by atoms with E-state index in [1.807, 2.05) is 6.92 Å². The SMILES string of the molecule is CCCCCCCCCCCCCCCCC(C=O)OCC. The molecule has 132 valence electrons. The van der Waals surface area contributed by atoms with Crippen molar-refractivity contribution in [1.29, 1.82) is 0 Å². The maximum atomic E-state index is 10.7. The summed E-state index contributed by atoms with van der Waals surface area (Å²) in [4.78, 5) is 10.7. The van der Waals surface area contributed by atoms with Crippen molar-refractivity contribution in [3.8, 4) is 0 Å². The number of ether oxygens (including phenoxy) is 1. The first-order chi connectivity index (χ1) is 10.8. The van der Waals surface area contributed by atoms with E-state index < -0.39 is 0 Å². The summed E-state index contributed by atoms with van der Waals surface area (Å²) in [6.45, 7) is 4.86. The van der Waals surface area contributed by atoms with E-state index in [1.165, 1.54) is 83.5 Å². The fourth-order valence-corrected chi connectivity index (χ4v) is 2.94. The van der Waals surface area contributed by atoms with Crippen molar-refractivity contribution in [3.63, 3.8) is 0 Å². The molecule has 0 fully saturated rings. The standard InChI is InChI=1S/C20H40O2/c1-3-5-6-7-8-9-10-11-12-13-14-15-16-17-18-20(19-21)22-4-2/h19-20H,3-18H2,1-2H3. The van der Waals surface area contributed by atoms with Crippen molar-refractivity contribution in [1.82, 2.24) is 0 Å². The smallest absolute Gasteiger partial charge is 0.148 e. The number of hydrogen-bond donors (Lipinski definition) is 0. The van der Waals surface area contributed by atoms with Gasteiger partial charge in [0.1, 0.15) is 12.4 Å². The zero-order valence-corrected chi connectivity index (χ0v) is 15.3. The Hall–Kier alpha value is -0.370. The minimum Gasteiger partial charge on any atom is -0.371 e. The van der Waals surface area contributed by atoms with Gasteiger partial charge in [-0.15, -0.1) is 0 Å². The summed E-state index contributed by atoms with van der Waals surface area (Å²) in [7, 11) is 0. The van der Waals surface area contributed by atoms with Gasteiger partial charge in [0.25, 0.3) is 0 Å². The molecule has 0 aliphatic carbocycles. The number of unbranched alkanes of at least 4 members (excludes halogenated alkanes) is 13. The van der Waals surface area contributed by atoms with Gasteiger partial charge in [-0.05, 0) is 13.3 Å². The third-order valence-corrected chi connectivity index (χ3v) is 4.37. The Labute approximate surface area is 139 Å². The molecule has 0 bridgehead atoms. The number of aldehydes is 1. The molecule has 0 aliphatic heterocycles. The van der Waals surface area contributed by atoms with Gasteiger partial charge in [0.15, 0.2) is 0 Å². The third kappa shape index (κ3) is 16.0. The van der Waals surface area contributed by atoms with Crippen LogP contribution in [0.1, 0.15) is 110 Å². The van der Waals surface area contributed by atoms with E-state index in [9.17, 15) is 4.79 Å². The highest BCUT2D eigenvalue weighted by Gasteiger charge is 2.05. The van der Waals surface area contributed by atoms with Crippen LogP contribution in [0.2, 0.25) is 0 Å². The van der Waals surface area contributed by atoms with Gasteiger partial charge in [-0.2, -0.15) is 0 Å². The molecular weight excluding hydrogens is 272 g/mol. The van der Waals surface area contributed by atoms with Crippen molar-refractivity contribution in [2.45, 2.75) is 116 Å². The van der Waals surface area contributed by atoms with Gasteiger partial charge in [-0.1, -0.05) is 96.8 Å². The Bertz CT molecular complexity index is 216. The molecule has 22 heavy (non-hydrogen) atoms. The summed E-state index contributed by atoms with van der Waals surface area (Å²) in [5.74, 6) is 0. The lowest BCUT2D eigenvalue weighted by Gasteiger charge is -2.09. The van der Waals surface area contributed by atoms with Crippen molar-refractivity contribution in [3.05, 3.63) is 0 Å². The van der Waals surface area contributed by atoms with Crippen LogP contribution in [0.15, 0.2) is 0 Å². The average molecular weight is 313 g/mol. The van der Waals surface area contributed by atoms with Crippen molar-refractivity contribution < 1.29 is 9.53 Å². The maximum Gasteiger partial charge on any atom is 0.148 e. The van der Waals surface area contributed by atoms with Gasteiger partial charge in [-0.25, -0.2) is 0 Å². The second-order valence-corrected chi connectivity index (χ2v) is 6.51. The van der Waals surface area contributed by atoms with Gasteiger partial charge < -0.3 is 9.53 Å². The quantitative estimate of drug-likeness (QED) is 0.214.